The molecule has 2 heterocycles. The summed E-state index contributed by atoms with van der Waals surface area (Å²) in [4.78, 5) is 11.4. The predicted molar refractivity (Wildman–Crippen MR) is 145 cm³/mol. The van der Waals surface area contributed by atoms with Crippen molar-refractivity contribution in [3.05, 3.63) is 71.7 Å². The molecule has 0 radical (unpaired) electrons. The van der Waals surface area contributed by atoms with Gasteiger partial charge < -0.3 is 16.0 Å². The molecule has 3 N–H and O–H groups in total. The van der Waals surface area contributed by atoms with Crippen molar-refractivity contribution in [3.63, 3.8) is 0 Å². The summed E-state index contributed by atoms with van der Waals surface area (Å²) < 4.78 is 0. The van der Waals surface area contributed by atoms with Gasteiger partial charge in [0.05, 0.1) is 17.7 Å². The van der Waals surface area contributed by atoms with Crippen LogP contribution >= 0.6 is 11.8 Å². The van der Waals surface area contributed by atoms with Crippen LogP contribution in [0.25, 0.3) is 0 Å². The molecule has 2 aliphatic rings. The Balaban J connectivity index is 2.16. The SMILES string of the molecule is C=C1C=CN(C)C(CC\N=C(C(=C)NC2CCC(CC(=C)C)B2C)/C(=C/SC)/N=C/N)=C1. The number of nitrogens with one attached hydrogen (secondary N) is 1. The number of hydrogen-bond acceptors (Lipinski definition) is 5. The third-order valence-corrected chi connectivity index (χ3v) is 6.58. The van der Waals surface area contributed by atoms with E-state index in [1.807, 2.05) is 31.0 Å². The number of nitrogens with two attached hydrogens (primary N) is 1. The van der Waals surface area contributed by atoms with E-state index in [2.05, 4.69) is 54.8 Å². The molecule has 0 aromatic rings. The van der Waals surface area contributed by atoms with E-state index in [1.165, 1.54) is 24.0 Å². The summed E-state index contributed by atoms with van der Waals surface area (Å²) >= 11 is 1.58. The first-order valence-electron chi connectivity index (χ1n) is 11.2. The normalized spacial score (nSPS) is 22.0. The Hall–Kier alpha value is -2.41. The largest absolute Gasteiger partial charge is 0.390 e. The zero-order chi connectivity index (χ0) is 23.7. The van der Waals surface area contributed by atoms with E-state index in [0.717, 1.165) is 41.9 Å². The summed E-state index contributed by atoms with van der Waals surface area (Å²) in [6.07, 6.45) is 13.7. The number of aliphatic imine (C=N–C) groups is 2. The van der Waals surface area contributed by atoms with E-state index in [4.69, 9.17) is 10.7 Å². The third kappa shape index (κ3) is 7.33. The van der Waals surface area contributed by atoms with Crippen LogP contribution in [0.2, 0.25) is 12.6 Å². The van der Waals surface area contributed by atoms with Crippen LogP contribution in [0, 0.1) is 0 Å². The highest BCUT2D eigenvalue weighted by Crippen LogP contribution is 2.35. The number of hydrogen-bond donors (Lipinski definition) is 2. The highest BCUT2D eigenvalue weighted by Gasteiger charge is 2.36. The van der Waals surface area contributed by atoms with E-state index in [9.17, 15) is 0 Å². The Morgan fingerprint density at radius 2 is 2.16 bits per heavy atom. The average molecular weight is 451 g/mol. The first-order chi connectivity index (χ1) is 15.3. The monoisotopic (exact) mass is 451 g/mol. The summed E-state index contributed by atoms with van der Waals surface area (Å²) in [6.45, 7) is 18.1. The Kier molecular flexibility index (Phi) is 10.2. The van der Waals surface area contributed by atoms with Gasteiger partial charge in [-0.05, 0) is 49.2 Å². The van der Waals surface area contributed by atoms with Gasteiger partial charge in [-0.1, -0.05) is 37.8 Å². The van der Waals surface area contributed by atoms with Gasteiger partial charge in [0.1, 0.15) is 5.71 Å². The molecule has 0 aliphatic carbocycles. The number of allylic oxidation sites excluding steroid dienone is 4. The van der Waals surface area contributed by atoms with Gasteiger partial charge in [-0.2, -0.15) is 0 Å². The minimum absolute atomic E-state index is 0.370. The Morgan fingerprint density at radius 3 is 2.81 bits per heavy atom. The molecule has 32 heavy (non-hydrogen) atoms. The quantitative estimate of drug-likeness (QED) is 0.197. The summed E-state index contributed by atoms with van der Waals surface area (Å²) in [5.74, 6) is 1.03. The lowest BCUT2D eigenvalue weighted by atomic mass is 9.41. The van der Waals surface area contributed by atoms with Gasteiger partial charge >= 0.3 is 0 Å². The third-order valence-electron chi connectivity index (χ3n) is 6.12. The van der Waals surface area contributed by atoms with E-state index in [-0.39, 0.29) is 0 Å². The summed E-state index contributed by atoms with van der Waals surface area (Å²) in [7, 11) is 2.04. The lowest BCUT2D eigenvalue weighted by Gasteiger charge is -2.23. The number of nitrogens with zero attached hydrogens (tertiary/aromatic N) is 3. The van der Waals surface area contributed by atoms with Crippen LogP contribution in [-0.2, 0) is 0 Å². The van der Waals surface area contributed by atoms with Crippen molar-refractivity contribution in [1.82, 2.24) is 10.2 Å². The van der Waals surface area contributed by atoms with Crippen LogP contribution in [0.15, 0.2) is 81.7 Å². The summed E-state index contributed by atoms with van der Waals surface area (Å²) in [5, 5.41) is 5.63. The van der Waals surface area contributed by atoms with Crippen molar-refractivity contribution in [2.24, 2.45) is 15.7 Å². The minimum Gasteiger partial charge on any atom is -0.390 e. The molecule has 7 heteroatoms. The average Bonchev–Trinajstić information content (AvgIpc) is 3.06. The number of rotatable bonds is 11. The van der Waals surface area contributed by atoms with Crippen LogP contribution in [0.5, 0.6) is 0 Å². The highest BCUT2D eigenvalue weighted by atomic mass is 32.2. The maximum atomic E-state index is 5.64. The smallest absolute Gasteiger partial charge is 0.167 e. The van der Waals surface area contributed by atoms with Crippen molar-refractivity contribution >= 4 is 30.5 Å². The lowest BCUT2D eigenvalue weighted by molar-refractivity contribution is 0.534. The van der Waals surface area contributed by atoms with Crippen molar-refractivity contribution in [3.8, 4) is 0 Å². The van der Waals surface area contributed by atoms with E-state index >= 15 is 0 Å². The molecule has 0 saturated carbocycles. The molecule has 0 bridgehead atoms. The molecule has 2 unspecified atom stereocenters. The predicted octanol–water partition coefficient (Wildman–Crippen LogP) is 5.17. The zero-order valence-electron chi connectivity index (χ0n) is 20.1. The van der Waals surface area contributed by atoms with Gasteiger partial charge in [0.15, 0.2) is 6.71 Å². The van der Waals surface area contributed by atoms with Crippen molar-refractivity contribution in [2.75, 3.05) is 19.8 Å². The van der Waals surface area contributed by atoms with Crippen LogP contribution in [-0.4, -0.2) is 49.5 Å². The molecule has 0 aromatic carbocycles. The lowest BCUT2D eigenvalue weighted by Crippen LogP contribution is -2.40. The van der Waals surface area contributed by atoms with Gasteiger partial charge in [-0.3, -0.25) is 4.99 Å². The van der Waals surface area contributed by atoms with Gasteiger partial charge in [0, 0.05) is 37.9 Å². The Bertz CT molecular complexity index is 868. The van der Waals surface area contributed by atoms with Crippen molar-refractivity contribution in [1.29, 1.82) is 0 Å². The van der Waals surface area contributed by atoms with Crippen LogP contribution < -0.4 is 11.1 Å². The summed E-state index contributed by atoms with van der Waals surface area (Å²) in [5.41, 5.74) is 11.4. The Morgan fingerprint density at radius 1 is 1.41 bits per heavy atom. The molecule has 2 rings (SSSR count). The van der Waals surface area contributed by atoms with E-state index < -0.39 is 0 Å². The first-order valence-corrected chi connectivity index (χ1v) is 12.5. The van der Waals surface area contributed by atoms with Crippen LogP contribution in [0.4, 0.5) is 0 Å². The topological polar surface area (TPSA) is 66.0 Å². The Labute approximate surface area is 199 Å². The maximum Gasteiger partial charge on any atom is 0.167 e. The van der Waals surface area contributed by atoms with Gasteiger partial charge in [-0.25, -0.2) is 4.99 Å². The fraction of sp³-hybridized carbons (Fsp3) is 0.440. The molecule has 5 nitrogen and oxygen atoms in total. The van der Waals surface area contributed by atoms with Crippen molar-refractivity contribution in [2.45, 2.75) is 51.2 Å². The molecule has 1 saturated heterocycles. The van der Waals surface area contributed by atoms with E-state index in [0.29, 0.717) is 25.0 Å². The molecule has 0 spiro atoms. The molecule has 0 aromatic heterocycles. The van der Waals surface area contributed by atoms with E-state index in [1.54, 1.807) is 11.8 Å². The second-order valence-corrected chi connectivity index (χ2v) is 9.43. The molecule has 172 valence electrons. The molecular formula is C25H38BN5S. The van der Waals surface area contributed by atoms with Crippen LogP contribution in [0.3, 0.4) is 0 Å². The molecule has 2 aliphatic heterocycles. The van der Waals surface area contributed by atoms with Gasteiger partial charge in [0.25, 0.3) is 0 Å². The number of thioether (sulfide) groups is 1. The van der Waals surface area contributed by atoms with Gasteiger partial charge in [0.2, 0.25) is 0 Å². The molecule has 0 amide bonds. The fourth-order valence-corrected chi connectivity index (χ4v) is 4.74. The second-order valence-electron chi connectivity index (χ2n) is 8.72. The van der Waals surface area contributed by atoms with Crippen LogP contribution in [0.1, 0.15) is 32.6 Å². The zero-order valence-corrected chi connectivity index (χ0v) is 20.9. The molecule has 2 atom stereocenters. The summed E-state index contributed by atoms with van der Waals surface area (Å²) in [6, 6.07) is 0. The van der Waals surface area contributed by atoms with Gasteiger partial charge in [-0.15, -0.1) is 18.3 Å². The second kappa shape index (κ2) is 12.6. The first kappa shape index (κ1) is 25.9. The minimum atomic E-state index is 0.370. The highest BCUT2D eigenvalue weighted by molar-refractivity contribution is 8.01. The van der Waals surface area contributed by atoms with Crippen molar-refractivity contribution < 1.29 is 0 Å². The molecule has 1 fully saturated rings. The maximum absolute atomic E-state index is 5.64. The standard InChI is InChI=1S/C25H38BN5S/c1-18(2)14-21-8-9-24(26(21)5)30-20(4)25(23(16-32-7)29-17-27)28-12-10-22-15-19(3)11-13-31(22)6/h11,13,15-17,21,24,30H,1,3-4,8-10,12,14H2,2,5-7H3,(H2,27,29)/b23-16-,28-25-. The fourth-order valence-electron chi connectivity index (χ4n) is 4.35. The molecular weight excluding hydrogens is 413 g/mol.